The van der Waals surface area contributed by atoms with E-state index in [1.165, 1.54) is 24.3 Å². The van der Waals surface area contributed by atoms with Gasteiger partial charge in [-0.1, -0.05) is 17.7 Å². The molecule has 0 aromatic heterocycles. The highest BCUT2D eigenvalue weighted by molar-refractivity contribution is 6.40. The van der Waals surface area contributed by atoms with Gasteiger partial charge in [-0.2, -0.15) is 0 Å². The number of esters is 1. The molecule has 0 unspecified atom stereocenters. The lowest BCUT2D eigenvalue weighted by atomic mass is 10.2. The highest BCUT2D eigenvalue weighted by atomic mass is 35.5. The molecule has 0 heterocycles. The molecular weight excluding hydrogens is 398 g/mol. The van der Waals surface area contributed by atoms with Gasteiger partial charge in [-0.25, -0.2) is 4.79 Å². The number of hydrogen-bond acceptors (Lipinski definition) is 5. The smallest absolute Gasteiger partial charge is 0.338 e. The lowest BCUT2D eigenvalue weighted by molar-refractivity contribution is -0.136. The maximum Gasteiger partial charge on any atom is 0.338 e. The Morgan fingerprint density at radius 3 is 2.31 bits per heavy atom. The Morgan fingerprint density at radius 2 is 1.66 bits per heavy atom. The number of amides is 3. The van der Waals surface area contributed by atoms with E-state index in [0.29, 0.717) is 27.5 Å². The third-order valence-electron chi connectivity index (χ3n) is 3.81. The number of benzene rings is 2. The van der Waals surface area contributed by atoms with Crippen molar-refractivity contribution in [3.05, 3.63) is 58.6 Å². The molecule has 0 aliphatic rings. The number of carbonyl (C=O) groups excluding carboxylic acids is 4. The third-order valence-corrected chi connectivity index (χ3v) is 4.22. The average Bonchev–Trinajstić information content (AvgIpc) is 2.70. The molecule has 0 saturated carbocycles. The lowest BCUT2D eigenvalue weighted by Gasteiger charge is -2.10. The van der Waals surface area contributed by atoms with Crippen molar-refractivity contribution >= 4 is 46.7 Å². The highest BCUT2D eigenvalue weighted by Crippen LogP contribution is 2.22. The number of anilines is 2. The monoisotopic (exact) mass is 417 g/mol. The van der Waals surface area contributed by atoms with Crippen molar-refractivity contribution in [2.75, 3.05) is 23.8 Å². The number of ether oxygens (including phenoxy) is 1. The summed E-state index contributed by atoms with van der Waals surface area (Å²) in [5.41, 5.74) is 1.85. The normalized spacial score (nSPS) is 10.0. The van der Waals surface area contributed by atoms with Crippen LogP contribution in [-0.2, 0) is 19.1 Å². The predicted octanol–water partition coefficient (Wildman–Crippen LogP) is 2.52. The second-order valence-electron chi connectivity index (χ2n) is 5.90. The zero-order valence-corrected chi connectivity index (χ0v) is 16.6. The van der Waals surface area contributed by atoms with Crippen LogP contribution in [0.4, 0.5) is 11.4 Å². The van der Waals surface area contributed by atoms with E-state index in [2.05, 4.69) is 16.0 Å². The molecule has 0 aliphatic heterocycles. The minimum Gasteiger partial charge on any atom is -0.462 e. The first-order valence-corrected chi connectivity index (χ1v) is 9.11. The third kappa shape index (κ3) is 6.32. The van der Waals surface area contributed by atoms with E-state index in [-0.39, 0.29) is 13.2 Å². The second kappa shape index (κ2) is 10.2. The first kappa shape index (κ1) is 21.9. The summed E-state index contributed by atoms with van der Waals surface area (Å²) in [6.07, 6.45) is 0. The molecule has 3 N–H and O–H groups in total. The summed E-state index contributed by atoms with van der Waals surface area (Å²) in [4.78, 5) is 47.4. The van der Waals surface area contributed by atoms with Crippen LogP contribution >= 0.6 is 11.6 Å². The van der Waals surface area contributed by atoms with Crippen LogP contribution in [0, 0.1) is 6.92 Å². The summed E-state index contributed by atoms with van der Waals surface area (Å²) in [7, 11) is 0. The maximum absolute atomic E-state index is 12.0. The molecule has 0 aliphatic carbocycles. The van der Waals surface area contributed by atoms with Gasteiger partial charge in [-0.15, -0.1) is 0 Å². The summed E-state index contributed by atoms with van der Waals surface area (Å²) >= 11 is 5.99. The fraction of sp³-hybridized carbons (Fsp3) is 0.200. The van der Waals surface area contributed by atoms with E-state index in [4.69, 9.17) is 16.3 Å². The van der Waals surface area contributed by atoms with Gasteiger partial charge in [0.05, 0.1) is 18.7 Å². The van der Waals surface area contributed by atoms with Crippen LogP contribution in [0.2, 0.25) is 5.02 Å². The van der Waals surface area contributed by atoms with Crippen molar-refractivity contribution in [3.8, 4) is 0 Å². The Kier molecular flexibility index (Phi) is 7.73. The van der Waals surface area contributed by atoms with Gasteiger partial charge >= 0.3 is 17.8 Å². The zero-order chi connectivity index (χ0) is 21.4. The van der Waals surface area contributed by atoms with Crippen molar-refractivity contribution in [3.63, 3.8) is 0 Å². The topological polar surface area (TPSA) is 114 Å². The zero-order valence-electron chi connectivity index (χ0n) is 15.9. The Morgan fingerprint density at radius 1 is 0.966 bits per heavy atom. The van der Waals surface area contributed by atoms with Crippen LogP contribution in [0.5, 0.6) is 0 Å². The fourth-order valence-corrected chi connectivity index (χ4v) is 2.44. The van der Waals surface area contributed by atoms with Crippen LogP contribution in [-0.4, -0.2) is 36.8 Å². The molecule has 0 fully saturated rings. The van der Waals surface area contributed by atoms with E-state index in [0.717, 1.165) is 0 Å². The lowest BCUT2D eigenvalue weighted by Crippen LogP contribution is -2.39. The van der Waals surface area contributed by atoms with E-state index in [9.17, 15) is 19.2 Å². The number of halogens is 1. The van der Waals surface area contributed by atoms with E-state index >= 15 is 0 Å². The summed E-state index contributed by atoms with van der Waals surface area (Å²) in [6.45, 7) is 3.31. The molecule has 2 aromatic carbocycles. The number of nitrogens with one attached hydrogen (secondary N) is 3. The molecular formula is C20H20ClN3O5. The molecule has 29 heavy (non-hydrogen) atoms. The van der Waals surface area contributed by atoms with Crippen LogP contribution in [0.15, 0.2) is 42.5 Å². The SMILES string of the molecule is CCOC(=O)c1ccc(NC(=O)C(=O)NCC(=O)Nc2cccc(Cl)c2C)cc1. The van der Waals surface area contributed by atoms with Gasteiger partial charge in [0, 0.05) is 16.4 Å². The van der Waals surface area contributed by atoms with Crippen LogP contribution in [0.25, 0.3) is 0 Å². The quantitative estimate of drug-likeness (QED) is 0.493. The first-order chi connectivity index (χ1) is 13.8. The van der Waals surface area contributed by atoms with Crippen molar-refractivity contribution in [1.82, 2.24) is 5.32 Å². The molecule has 9 heteroatoms. The van der Waals surface area contributed by atoms with Gasteiger partial charge in [0.2, 0.25) is 5.91 Å². The minimum absolute atomic E-state index is 0.252. The van der Waals surface area contributed by atoms with Crippen molar-refractivity contribution < 1.29 is 23.9 Å². The standard InChI is InChI=1S/C20H20ClN3O5/c1-3-29-20(28)13-7-9-14(10-8-13)23-19(27)18(26)22-11-17(25)24-16-6-4-5-15(21)12(16)2/h4-10H,3,11H2,1-2H3,(H,22,26)(H,23,27)(H,24,25). The van der Waals surface area contributed by atoms with Crippen molar-refractivity contribution in [2.45, 2.75) is 13.8 Å². The Bertz CT molecular complexity index is 928. The van der Waals surface area contributed by atoms with Gasteiger partial charge in [0.25, 0.3) is 0 Å². The molecule has 0 atom stereocenters. The summed E-state index contributed by atoms with van der Waals surface area (Å²) < 4.78 is 4.86. The summed E-state index contributed by atoms with van der Waals surface area (Å²) in [5, 5.41) is 7.72. The molecule has 0 bridgehead atoms. The van der Waals surface area contributed by atoms with Crippen molar-refractivity contribution in [1.29, 1.82) is 0 Å². The van der Waals surface area contributed by atoms with Gasteiger partial charge in [0.15, 0.2) is 0 Å². The van der Waals surface area contributed by atoms with Crippen molar-refractivity contribution in [2.24, 2.45) is 0 Å². The van der Waals surface area contributed by atoms with Gasteiger partial charge in [-0.3, -0.25) is 14.4 Å². The Labute approximate surface area is 172 Å². The van der Waals surface area contributed by atoms with E-state index in [1.54, 1.807) is 32.0 Å². The van der Waals surface area contributed by atoms with Gasteiger partial charge < -0.3 is 20.7 Å². The van der Waals surface area contributed by atoms with Gasteiger partial charge in [0.1, 0.15) is 0 Å². The molecule has 3 amide bonds. The fourth-order valence-electron chi connectivity index (χ4n) is 2.27. The van der Waals surface area contributed by atoms with E-state index < -0.39 is 23.7 Å². The predicted molar refractivity (Wildman–Crippen MR) is 109 cm³/mol. The second-order valence-corrected chi connectivity index (χ2v) is 6.30. The maximum atomic E-state index is 12.0. The van der Waals surface area contributed by atoms with E-state index in [1.807, 2.05) is 0 Å². The number of hydrogen-bond donors (Lipinski definition) is 3. The molecule has 152 valence electrons. The largest absolute Gasteiger partial charge is 0.462 e. The van der Waals surface area contributed by atoms with Crippen LogP contribution < -0.4 is 16.0 Å². The number of carbonyl (C=O) groups is 4. The molecule has 2 aromatic rings. The average molecular weight is 418 g/mol. The highest BCUT2D eigenvalue weighted by Gasteiger charge is 2.16. The minimum atomic E-state index is -0.975. The first-order valence-electron chi connectivity index (χ1n) is 8.73. The van der Waals surface area contributed by atoms with Crippen LogP contribution in [0.3, 0.4) is 0 Å². The molecule has 0 saturated heterocycles. The summed E-state index contributed by atoms with van der Waals surface area (Å²) in [6, 6.07) is 10.9. The summed E-state index contributed by atoms with van der Waals surface area (Å²) in [5.74, 6) is -2.91. The molecule has 2 rings (SSSR count). The molecule has 8 nitrogen and oxygen atoms in total. The van der Waals surface area contributed by atoms with Crippen LogP contribution in [0.1, 0.15) is 22.8 Å². The Hall–Kier alpha value is -3.39. The molecule has 0 spiro atoms. The van der Waals surface area contributed by atoms with Gasteiger partial charge in [-0.05, 0) is 55.8 Å². The molecule has 0 radical (unpaired) electrons. The number of rotatable bonds is 6. The Balaban J connectivity index is 1.84.